The zero-order valence-corrected chi connectivity index (χ0v) is 15.6. The minimum Gasteiger partial charge on any atom is -0.400 e. The number of carbonyl (C=O) groups excluding carboxylic acids is 1. The van der Waals surface area contributed by atoms with Crippen molar-refractivity contribution in [1.82, 2.24) is 5.32 Å². The number of nitrogens with one attached hydrogen (secondary N) is 1. The second-order valence-corrected chi connectivity index (χ2v) is 7.29. The highest BCUT2D eigenvalue weighted by atomic mass is 16.7. The summed E-state index contributed by atoms with van der Waals surface area (Å²) in [4.78, 5) is 11.3. The molecule has 2 rings (SSSR count). The Balaban J connectivity index is 2.27. The van der Waals surface area contributed by atoms with Crippen molar-refractivity contribution >= 4 is 19.1 Å². The monoisotopic (exact) mass is 340 g/mol. The van der Waals surface area contributed by atoms with Gasteiger partial charge in [0.1, 0.15) is 0 Å². The van der Waals surface area contributed by atoms with Gasteiger partial charge in [0, 0.05) is 13.5 Å². The minimum atomic E-state index is -0.518. The summed E-state index contributed by atoms with van der Waals surface area (Å²) in [6.07, 6.45) is 2.36. The van der Waals surface area contributed by atoms with Gasteiger partial charge < -0.3 is 14.6 Å². The lowest BCUT2D eigenvalue weighted by atomic mass is 9.77. The van der Waals surface area contributed by atoms with E-state index in [1.54, 1.807) is 0 Å². The van der Waals surface area contributed by atoms with Crippen molar-refractivity contribution in [3.63, 3.8) is 0 Å². The molecule has 1 heterocycles. The number of amides is 1. The fourth-order valence-electron chi connectivity index (χ4n) is 2.46. The predicted molar refractivity (Wildman–Crippen MR) is 98.5 cm³/mol. The molecule has 1 aliphatic heterocycles. The lowest BCUT2D eigenvalue weighted by Crippen LogP contribution is -2.41. The molecule has 0 spiro atoms. The van der Waals surface area contributed by atoms with E-state index in [9.17, 15) is 4.79 Å². The maximum absolute atomic E-state index is 11.3. The van der Waals surface area contributed by atoms with Crippen LogP contribution in [-0.2, 0) is 20.5 Å². The molecular weight excluding hydrogens is 315 g/mol. The maximum Gasteiger partial charge on any atom is 0.492 e. The standard InChI is InChI=1S/C19H25BN2O3/c1-14(23)22-13-17(20-24-18(2,3)19(4,5)25-20)12-16-8-6-15(7-9-16)10-11-21/h6-9,12H,10,13H2,1-5H3,(H,22,23). The van der Waals surface area contributed by atoms with Gasteiger partial charge >= 0.3 is 7.12 Å². The Hall–Kier alpha value is -2.10. The van der Waals surface area contributed by atoms with E-state index in [2.05, 4.69) is 11.4 Å². The Morgan fingerprint density at radius 3 is 2.24 bits per heavy atom. The molecule has 0 aliphatic carbocycles. The molecule has 1 aromatic carbocycles. The van der Waals surface area contributed by atoms with E-state index in [1.807, 2.05) is 58.0 Å². The van der Waals surface area contributed by atoms with Gasteiger partial charge in [-0.05, 0) is 44.3 Å². The van der Waals surface area contributed by atoms with E-state index >= 15 is 0 Å². The minimum absolute atomic E-state index is 0.105. The highest BCUT2D eigenvalue weighted by molar-refractivity contribution is 6.56. The van der Waals surface area contributed by atoms with Crippen LogP contribution in [0.2, 0.25) is 0 Å². The number of nitriles is 1. The third-order valence-corrected chi connectivity index (χ3v) is 4.71. The molecule has 132 valence electrons. The molecule has 1 N–H and O–H groups in total. The van der Waals surface area contributed by atoms with E-state index in [4.69, 9.17) is 14.6 Å². The van der Waals surface area contributed by atoms with Gasteiger partial charge in [-0.25, -0.2) is 0 Å². The van der Waals surface area contributed by atoms with Crippen molar-refractivity contribution in [3.05, 3.63) is 40.9 Å². The summed E-state index contributed by atoms with van der Waals surface area (Å²) in [6.45, 7) is 9.84. The van der Waals surface area contributed by atoms with Crippen molar-refractivity contribution in [2.45, 2.75) is 52.2 Å². The van der Waals surface area contributed by atoms with Gasteiger partial charge in [-0.2, -0.15) is 5.26 Å². The first-order valence-corrected chi connectivity index (χ1v) is 8.41. The van der Waals surface area contributed by atoms with Crippen LogP contribution in [0.5, 0.6) is 0 Å². The van der Waals surface area contributed by atoms with E-state index in [0.29, 0.717) is 13.0 Å². The quantitative estimate of drug-likeness (QED) is 0.837. The van der Waals surface area contributed by atoms with E-state index in [-0.39, 0.29) is 5.91 Å². The zero-order chi connectivity index (χ0) is 18.7. The average molecular weight is 340 g/mol. The number of carbonyl (C=O) groups is 1. The first-order valence-electron chi connectivity index (χ1n) is 8.41. The Morgan fingerprint density at radius 1 is 1.20 bits per heavy atom. The van der Waals surface area contributed by atoms with Crippen LogP contribution in [-0.4, -0.2) is 30.8 Å². The van der Waals surface area contributed by atoms with Crippen LogP contribution in [0.25, 0.3) is 6.08 Å². The van der Waals surface area contributed by atoms with Crippen molar-refractivity contribution in [2.75, 3.05) is 6.54 Å². The molecule has 0 aromatic heterocycles. The fourth-order valence-corrected chi connectivity index (χ4v) is 2.46. The van der Waals surface area contributed by atoms with E-state index in [1.165, 1.54) is 6.92 Å². The molecule has 1 fully saturated rings. The summed E-state index contributed by atoms with van der Waals surface area (Å²) in [5, 5.41) is 11.6. The number of hydrogen-bond acceptors (Lipinski definition) is 4. The summed E-state index contributed by atoms with van der Waals surface area (Å²) < 4.78 is 12.2. The summed E-state index contributed by atoms with van der Waals surface area (Å²) in [7, 11) is -0.518. The van der Waals surface area contributed by atoms with E-state index in [0.717, 1.165) is 16.6 Å². The van der Waals surface area contributed by atoms with Crippen LogP contribution in [0, 0.1) is 11.3 Å². The van der Waals surface area contributed by atoms with Crippen molar-refractivity contribution in [3.8, 4) is 6.07 Å². The summed E-state index contributed by atoms with van der Waals surface area (Å²) >= 11 is 0. The van der Waals surface area contributed by atoms with Crippen LogP contribution in [0.4, 0.5) is 0 Å². The molecule has 0 unspecified atom stereocenters. The molecule has 1 aliphatic rings. The van der Waals surface area contributed by atoms with Gasteiger partial charge in [0.2, 0.25) is 5.91 Å². The number of rotatable bonds is 5. The molecule has 0 saturated carbocycles. The van der Waals surface area contributed by atoms with Crippen LogP contribution >= 0.6 is 0 Å². The Kier molecular flexibility index (Phi) is 5.71. The first kappa shape index (κ1) is 19.2. The van der Waals surface area contributed by atoms with Gasteiger partial charge in [-0.1, -0.05) is 30.3 Å². The fraction of sp³-hybridized carbons (Fsp3) is 0.474. The van der Waals surface area contributed by atoms with Crippen LogP contribution in [0.3, 0.4) is 0 Å². The molecule has 1 saturated heterocycles. The first-order chi connectivity index (χ1) is 11.6. The third-order valence-electron chi connectivity index (χ3n) is 4.71. The zero-order valence-electron chi connectivity index (χ0n) is 15.6. The SMILES string of the molecule is CC(=O)NCC(=Cc1ccc(CC#N)cc1)B1OC(C)(C)C(C)(C)O1. The summed E-state index contributed by atoms with van der Waals surface area (Å²) in [6, 6.07) is 9.89. The Labute approximate surface area is 150 Å². The van der Waals surface area contributed by atoms with Crippen LogP contribution < -0.4 is 5.32 Å². The molecule has 25 heavy (non-hydrogen) atoms. The van der Waals surface area contributed by atoms with Crippen molar-refractivity contribution in [2.24, 2.45) is 0 Å². The number of nitrogens with zero attached hydrogens (tertiary/aromatic N) is 1. The second-order valence-electron chi connectivity index (χ2n) is 7.29. The highest BCUT2D eigenvalue weighted by Gasteiger charge is 2.52. The highest BCUT2D eigenvalue weighted by Crippen LogP contribution is 2.38. The molecule has 6 heteroatoms. The topological polar surface area (TPSA) is 71.4 Å². The molecular formula is C19H25BN2O3. The Morgan fingerprint density at radius 2 is 1.76 bits per heavy atom. The normalized spacial score (nSPS) is 18.7. The number of benzene rings is 1. The Bertz CT molecular complexity index is 686. The molecule has 1 aromatic rings. The summed E-state index contributed by atoms with van der Waals surface area (Å²) in [5.74, 6) is -0.105. The lowest BCUT2D eigenvalue weighted by Gasteiger charge is -2.32. The predicted octanol–water partition coefficient (Wildman–Crippen LogP) is 2.90. The smallest absolute Gasteiger partial charge is 0.400 e. The molecule has 0 atom stereocenters. The van der Waals surface area contributed by atoms with Crippen LogP contribution in [0.1, 0.15) is 45.7 Å². The second kappa shape index (κ2) is 7.43. The third kappa shape index (κ3) is 4.71. The summed E-state index contributed by atoms with van der Waals surface area (Å²) in [5.41, 5.74) is 1.91. The average Bonchev–Trinajstić information content (AvgIpc) is 2.73. The molecule has 0 radical (unpaired) electrons. The van der Waals surface area contributed by atoms with Gasteiger partial charge in [-0.15, -0.1) is 0 Å². The largest absolute Gasteiger partial charge is 0.492 e. The van der Waals surface area contributed by atoms with Crippen molar-refractivity contribution in [1.29, 1.82) is 5.26 Å². The van der Waals surface area contributed by atoms with E-state index < -0.39 is 18.3 Å². The maximum atomic E-state index is 11.3. The number of hydrogen-bond donors (Lipinski definition) is 1. The molecule has 0 bridgehead atoms. The molecule has 5 nitrogen and oxygen atoms in total. The lowest BCUT2D eigenvalue weighted by molar-refractivity contribution is -0.118. The van der Waals surface area contributed by atoms with Gasteiger partial charge in [-0.3, -0.25) is 4.79 Å². The van der Waals surface area contributed by atoms with Crippen LogP contribution in [0.15, 0.2) is 29.7 Å². The molecule has 1 amide bonds. The van der Waals surface area contributed by atoms with Gasteiger partial charge in [0.25, 0.3) is 0 Å². The van der Waals surface area contributed by atoms with Crippen molar-refractivity contribution < 1.29 is 14.1 Å². The van der Waals surface area contributed by atoms with Gasteiger partial charge in [0.15, 0.2) is 0 Å². The van der Waals surface area contributed by atoms with Gasteiger partial charge in [0.05, 0.1) is 23.7 Å².